The molecule has 1 heteroatoms. The van der Waals surface area contributed by atoms with Crippen LogP contribution >= 0.6 is 0 Å². The fraction of sp³-hybridized carbons (Fsp3) is 0.500. The van der Waals surface area contributed by atoms with Crippen molar-refractivity contribution in [2.24, 2.45) is 5.92 Å². The van der Waals surface area contributed by atoms with E-state index < -0.39 is 0 Å². The van der Waals surface area contributed by atoms with Gasteiger partial charge in [0.2, 0.25) is 0 Å². The van der Waals surface area contributed by atoms with Crippen molar-refractivity contribution in [3.63, 3.8) is 0 Å². The summed E-state index contributed by atoms with van der Waals surface area (Å²) >= 11 is 0. The van der Waals surface area contributed by atoms with Crippen LogP contribution in [0.15, 0.2) is 24.3 Å². The number of hydrogen-bond acceptors (Lipinski definition) is 1. The largest absolute Gasteiger partial charge is 0.383 e. The molecule has 1 aromatic carbocycles. The molecular formula is C12H18N. The van der Waals surface area contributed by atoms with Gasteiger partial charge in [0.05, 0.1) is 0 Å². The number of nitrogens with one attached hydrogen (secondary N) is 1. The summed E-state index contributed by atoms with van der Waals surface area (Å²) in [5.74, 6) is 0.748. The monoisotopic (exact) mass is 176 g/mol. The first kappa shape index (κ1) is 10.1. The van der Waals surface area contributed by atoms with Crippen LogP contribution in [0.4, 0.5) is 5.69 Å². The second-order valence-electron chi connectivity index (χ2n) is 3.96. The average molecular weight is 176 g/mol. The molecule has 0 saturated carbocycles. The zero-order valence-corrected chi connectivity index (χ0v) is 8.67. The number of benzene rings is 1. The standard InChI is InChI=1S/C12H18N/c1-10(2)9-11(3)13-12-7-5-4-6-8-12/h5-8,10-11,13H,9H2,1-3H3. The Hall–Kier alpha value is -0.980. The fourth-order valence-electron chi connectivity index (χ4n) is 1.53. The molecule has 0 aliphatic heterocycles. The van der Waals surface area contributed by atoms with E-state index in [1.54, 1.807) is 0 Å². The second-order valence-corrected chi connectivity index (χ2v) is 3.96. The molecule has 0 saturated heterocycles. The summed E-state index contributed by atoms with van der Waals surface area (Å²) < 4.78 is 0. The lowest BCUT2D eigenvalue weighted by molar-refractivity contribution is 0.540. The first-order chi connectivity index (χ1) is 6.18. The van der Waals surface area contributed by atoms with Crippen LogP contribution < -0.4 is 5.32 Å². The van der Waals surface area contributed by atoms with Crippen LogP contribution in [0.25, 0.3) is 0 Å². The van der Waals surface area contributed by atoms with Crippen LogP contribution in [0, 0.1) is 12.0 Å². The molecule has 0 amide bonds. The maximum absolute atomic E-state index is 3.45. The Morgan fingerprint density at radius 2 is 1.85 bits per heavy atom. The third-order valence-corrected chi connectivity index (χ3v) is 1.96. The van der Waals surface area contributed by atoms with Crippen LogP contribution in [0.3, 0.4) is 0 Å². The number of rotatable bonds is 4. The van der Waals surface area contributed by atoms with Gasteiger partial charge in [-0.1, -0.05) is 26.0 Å². The molecular weight excluding hydrogens is 158 g/mol. The summed E-state index contributed by atoms with van der Waals surface area (Å²) in [7, 11) is 0. The van der Waals surface area contributed by atoms with E-state index in [1.807, 2.05) is 12.1 Å². The molecule has 0 aliphatic rings. The summed E-state index contributed by atoms with van der Waals surface area (Å²) in [6.07, 6.45) is 1.21. The van der Waals surface area contributed by atoms with Crippen LogP contribution in [0.1, 0.15) is 27.2 Å². The van der Waals surface area contributed by atoms with Crippen LogP contribution in [-0.2, 0) is 0 Å². The van der Waals surface area contributed by atoms with Crippen LogP contribution in [-0.4, -0.2) is 6.04 Å². The topological polar surface area (TPSA) is 12.0 Å². The smallest absolute Gasteiger partial charge is 0.0342 e. The summed E-state index contributed by atoms with van der Waals surface area (Å²) in [5.41, 5.74) is 1.19. The van der Waals surface area contributed by atoms with Gasteiger partial charge in [-0.3, -0.25) is 0 Å². The maximum atomic E-state index is 3.45. The van der Waals surface area contributed by atoms with Gasteiger partial charge in [0, 0.05) is 11.7 Å². The Labute approximate surface area is 81.2 Å². The van der Waals surface area contributed by atoms with E-state index in [4.69, 9.17) is 0 Å². The van der Waals surface area contributed by atoms with E-state index in [0.29, 0.717) is 6.04 Å². The molecule has 0 fully saturated rings. The molecule has 71 valence electrons. The van der Waals surface area contributed by atoms with E-state index in [2.05, 4.69) is 44.3 Å². The van der Waals surface area contributed by atoms with E-state index in [1.165, 1.54) is 12.1 Å². The van der Waals surface area contributed by atoms with Gasteiger partial charge in [-0.2, -0.15) is 0 Å². The highest BCUT2D eigenvalue weighted by Crippen LogP contribution is 2.11. The van der Waals surface area contributed by atoms with Crippen molar-refractivity contribution in [3.8, 4) is 0 Å². The molecule has 0 spiro atoms. The van der Waals surface area contributed by atoms with Crippen molar-refractivity contribution in [2.45, 2.75) is 33.2 Å². The van der Waals surface area contributed by atoms with E-state index in [-0.39, 0.29) is 0 Å². The van der Waals surface area contributed by atoms with Gasteiger partial charge in [0.25, 0.3) is 0 Å². The van der Waals surface area contributed by atoms with Crippen molar-refractivity contribution in [3.05, 3.63) is 30.3 Å². The molecule has 1 radical (unpaired) electrons. The summed E-state index contributed by atoms with van der Waals surface area (Å²) in [6.45, 7) is 6.71. The number of hydrogen-bond donors (Lipinski definition) is 1. The molecule has 1 rings (SSSR count). The van der Waals surface area contributed by atoms with Gasteiger partial charge in [-0.05, 0) is 37.5 Å². The Kier molecular flexibility index (Phi) is 3.81. The minimum atomic E-state index is 0.544. The highest BCUT2D eigenvalue weighted by molar-refractivity contribution is 5.42. The van der Waals surface area contributed by atoms with Crippen LogP contribution in [0.2, 0.25) is 0 Å². The van der Waals surface area contributed by atoms with Crippen molar-refractivity contribution >= 4 is 5.69 Å². The van der Waals surface area contributed by atoms with Gasteiger partial charge in [0.1, 0.15) is 0 Å². The lowest BCUT2D eigenvalue weighted by Crippen LogP contribution is -2.17. The minimum absolute atomic E-state index is 0.544. The first-order valence-electron chi connectivity index (χ1n) is 4.91. The normalized spacial score (nSPS) is 12.9. The van der Waals surface area contributed by atoms with Crippen molar-refractivity contribution < 1.29 is 0 Å². The van der Waals surface area contributed by atoms with Gasteiger partial charge in [-0.25, -0.2) is 0 Å². The van der Waals surface area contributed by atoms with Gasteiger partial charge >= 0.3 is 0 Å². The van der Waals surface area contributed by atoms with Gasteiger partial charge in [0.15, 0.2) is 0 Å². The van der Waals surface area contributed by atoms with Crippen molar-refractivity contribution in [1.82, 2.24) is 0 Å². The van der Waals surface area contributed by atoms with Crippen molar-refractivity contribution in [2.75, 3.05) is 5.32 Å². The predicted octanol–water partition coefficient (Wildman–Crippen LogP) is 3.33. The third-order valence-electron chi connectivity index (χ3n) is 1.96. The third kappa shape index (κ3) is 3.97. The molecule has 1 aromatic rings. The predicted molar refractivity (Wildman–Crippen MR) is 57.8 cm³/mol. The molecule has 13 heavy (non-hydrogen) atoms. The maximum Gasteiger partial charge on any atom is 0.0342 e. The Bertz CT molecular complexity index is 228. The van der Waals surface area contributed by atoms with Crippen molar-refractivity contribution in [1.29, 1.82) is 0 Å². The molecule has 0 bridgehead atoms. The Morgan fingerprint density at radius 1 is 1.23 bits per heavy atom. The zero-order chi connectivity index (χ0) is 9.68. The highest BCUT2D eigenvalue weighted by atomic mass is 14.9. The Balaban J connectivity index is 2.41. The molecule has 1 atom stereocenters. The lowest BCUT2D eigenvalue weighted by Gasteiger charge is -2.16. The minimum Gasteiger partial charge on any atom is -0.383 e. The summed E-state index contributed by atoms with van der Waals surface area (Å²) in [6, 6.07) is 11.5. The fourth-order valence-corrected chi connectivity index (χ4v) is 1.53. The zero-order valence-electron chi connectivity index (χ0n) is 8.67. The molecule has 1 N–H and O–H groups in total. The average Bonchev–Trinajstić information content (AvgIpc) is 2.04. The second kappa shape index (κ2) is 4.90. The molecule has 1 nitrogen and oxygen atoms in total. The summed E-state index contributed by atoms with van der Waals surface area (Å²) in [4.78, 5) is 0. The Morgan fingerprint density at radius 3 is 2.38 bits per heavy atom. The first-order valence-corrected chi connectivity index (χ1v) is 4.91. The van der Waals surface area contributed by atoms with Crippen LogP contribution in [0.5, 0.6) is 0 Å². The molecule has 0 aromatic heterocycles. The molecule has 1 unspecified atom stereocenters. The highest BCUT2D eigenvalue weighted by Gasteiger charge is 2.03. The quantitative estimate of drug-likeness (QED) is 0.742. The van der Waals surface area contributed by atoms with Gasteiger partial charge < -0.3 is 5.32 Å². The molecule has 0 aliphatic carbocycles. The van der Waals surface area contributed by atoms with Gasteiger partial charge in [-0.15, -0.1) is 0 Å². The lowest BCUT2D eigenvalue weighted by atomic mass is 10.1. The molecule has 0 heterocycles. The van der Waals surface area contributed by atoms with E-state index in [9.17, 15) is 0 Å². The summed E-state index contributed by atoms with van der Waals surface area (Å²) in [5, 5.41) is 3.45. The number of anilines is 1. The SMILES string of the molecule is CC(C)CC(C)Nc1cc[c]cc1. The van der Waals surface area contributed by atoms with E-state index >= 15 is 0 Å². The van der Waals surface area contributed by atoms with E-state index in [0.717, 1.165) is 5.92 Å².